The Morgan fingerprint density at radius 3 is 2.50 bits per heavy atom. The van der Waals surface area contributed by atoms with Gasteiger partial charge in [-0.05, 0) is 32.9 Å². The van der Waals surface area contributed by atoms with Crippen molar-refractivity contribution in [3.63, 3.8) is 0 Å². The van der Waals surface area contributed by atoms with Gasteiger partial charge in [-0.25, -0.2) is 9.97 Å². The summed E-state index contributed by atoms with van der Waals surface area (Å²) in [6, 6.07) is 4.69. The quantitative estimate of drug-likeness (QED) is 0.371. The number of nitrogens with one attached hydrogen (secondary N) is 2. The number of aromatic nitrogens is 6. The van der Waals surface area contributed by atoms with E-state index in [4.69, 9.17) is 9.26 Å². The van der Waals surface area contributed by atoms with Gasteiger partial charge in [-0.15, -0.1) is 0 Å². The molecule has 0 aliphatic carbocycles. The lowest BCUT2D eigenvalue weighted by Gasteiger charge is -2.10. The van der Waals surface area contributed by atoms with Gasteiger partial charge in [-0.2, -0.15) is 18.3 Å². The highest BCUT2D eigenvalue weighted by atomic mass is 19.4. The molecule has 34 heavy (non-hydrogen) atoms. The zero-order valence-electron chi connectivity index (χ0n) is 18.9. The maximum absolute atomic E-state index is 13.1. The summed E-state index contributed by atoms with van der Waals surface area (Å²) in [6.07, 6.45) is -4.56. The van der Waals surface area contributed by atoms with Gasteiger partial charge in [-0.1, -0.05) is 5.16 Å². The Morgan fingerprint density at radius 1 is 1.12 bits per heavy atom. The summed E-state index contributed by atoms with van der Waals surface area (Å²) in [5.74, 6) is 2.16. The monoisotopic (exact) mass is 471 g/mol. The van der Waals surface area contributed by atoms with E-state index in [0.29, 0.717) is 34.2 Å². The second-order valence-electron chi connectivity index (χ2n) is 7.93. The third kappa shape index (κ3) is 3.42. The summed E-state index contributed by atoms with van der Waals surface area (Å²) in [5.41, 5.74) is 2.62. The number of rotatable bonds is 4. The van der Waals surface area contributed by atoms with Gasteiger partial charge in [0.25, 0.3) is 0 Å². The highest BCUT2D eigenvalue weighted by Gasteiger charge is 2.34. The van der Waals surface area contributed by atoms with Crippen LogP contribution in [-0.2, 0) is 13.2 Å². The highest BCUT2D eigenvalue weighted by Crippen LogP contribution is 2.41. The van der Waals surface area contributed by atoms with Crippen molar-refractivity contribution in [1.29, 1.82) is 0 Å². The van der Waals surface area contributed by atoms with E-state index in [1.54, 1.807) is 14.0 Å². The number of benzene rings is 1. The van der Waals surface area contributed by atoms with E-state index in [-0.39, 0.29) is 5.82 Å². The van der Waals surface area contributed by atoms with Gasteiger partial charge in [0.15, 0.2) is 5.69 Å². The molecule has 4 aromatic heterocycles. The van der Waals surface area contributed by atoms with Gasteiger partial charge in [0, 0.05) is 29.6 Å². The molecular formula is C22H20F3N7O2. The maximum Gasteiger partial charge on any atom is 0.435 e. The molecule has 9 nitrogen and oxygen atoms in total. The molecule has 0 bridgehead atoms. The molecule has 0 amide bonds. The van der Waals surface area contributed by atoms with E-state index in [2.05, 4.69) is 30.5 Å². The molecule has 0 fully saturated rings. The predicted octanol–water partition coefficient (Wildman–Crippen LogP) is 5.20. The fourth-order valence-corrected chi connectivity index (χ4v) is 4.10. The number of ether oxygens (including phenoxy) is 1. The van der Waals surface area contributed by atoms with Crippen molar-refractivity contribution in [2.24, 2.45) is 7.05 Å². The molecule has 0 unspecified atom stereocenters. The molecule has 0 aliphatic rings. The number of methoxy groups -OCH3 is 1. The second kappa shape index (κ2) is 7.47. The van der Waals surface area contributed by atoms with E-state index in [9.17, 15) is 13.2 Å². The van der Waals surface area contributed by atoms with Crippen LogP contribution in [0.2, 0.25) is 0 Å². The Kier molecular flexibility index (Phi) is 4.78. The van der Waals surface area contributed by atoms with Gasteiger partial charge in [0.05, 0.1) is 23.8 Å². The third-order valence-electron chi connectivity index (χ3n) is 5.60. The molecular weight excluding hydrogens is 451 g/mol. The predicted molar refractivity (Wildman–Crippen MR) is 119 cm³/mol. The number of halogens is 3. The van der Waals surface area contributed by atoms with E-state index >= 15 is 0 Å². The van der Waals surface area contributed by atoms with Gasteiger partial charge in [0.2, 0.25) is 0 Å². The maximum atomic E-state index is 13.1. The molecule has 0 saturated heterocycles. The molecule has 0 aliphatic heterocycles. The van der Waals surface area contributed by atoms with Crippen LogP contribution in [0.15, 0.2) is 22.7 Å². The number of hydrogen-bond donors (Lipinski definition) is 2. The lowest BCUT2D eigenvalue weighted by Crippen LogP contribution is -2.06. The van der Waals surface area contributed by atoms with Crippen LogP contribution in [0.25, 0.3) is 33.1 Å². The van der Waals surface area contributed by atoms with E-state index < -0.39 is 11.9 Å². The smallest absolute Gasteiger partial charge is 0.435 e. The molecule has 0 saturated carbocycles. The Bertz CT molecular complexity index is 1540. The number of anilines is 2. The normalized spacial score (nSPS) is 12.1. The van der Waals surface area contributed by atoms with Gasteiger partial charge in [0.1, 0.15) is 34.6 Å². The first-order chi connectivity index (χ1) is 16.1. The number of alkyl halides is 3. The first kappa shape index (κ1) is 21.7. The average molecular weight is 471 g/mol. The number of nitrogens with zero attached hydrogens (tertiary/aromatic N) is 5. The summed E-state index contributed by atoms with van der Waals surface area (Å²) in [5, 5.41) is 11.9. The molecule has 5 rings (SSSR count). The van der Waals surface area contributed by atoms with Crippen LogP contribution in [0.3, 0.4) is 0 Å². The average Bonchev–Trinajstić information content (AvgIpc) is 3.41. The van der Waals surface area contributed by atoms with Gasteiger partial charge >= 0.3 is 6.18 Å². The van der Waals surface area contributed by atoms with Crippen molar-refractivity contribution in [3.05, 3.63) is 41.2 Å². The Hall–Kier alpha value is -4.09. The molecule has 4 heterocycles. The summed E-state index contributed by atoms with van der Waals surface area (Å²) in [7, 11) is 2.99. The minimum atomic E-state index is -4.56. The Morgan fingerprint density at radius 2 is 1.88 bits per heavy atom. The SMILES string of the molecule is COc1cc2c(cc1-c1c(C)noc1C)[nH]c1nc(C)nc(Nc3cc(C(F)(F)F)nn3C)c12. The van der Waals surface area contributed by atoms with Crippen LogP contribution in [0.1, 0.15) is 23.0 Å². The van der Waals surface area contributed by atoms with Crippen LogP contribution < -0.4 is 10.1 Å². The number of fused-ring (bicyclic) bond motifs is 3. The Labute approximate surface area is 190 Å². The number of H-pyrrole nitrogens is 1. The van der Waals surface area contributed by atoms with Crippen molar-refractivity contribution in [3.8, 4) is 16.9 Å². The zero-order chi connectivity index (χ0) is 24.4. The molecule has 12 heteroatoms. The fourth-order valence-electron chi connectivity index (χ4n) is 4.10. The van der Waals surface area contributed by atoms with Gasteiger partial charge in [-0.3, -0.25) is 4.68 Å². The molecule has 2 N–H and O–H groups in total. The first-order valence-corrected chi connectivity index (χ1v) is 10.3. The first-order valence-electron chi connectivity index (χ1n) is 10.3. The van der Waals surface area contributed by atoms with E-state index in [0.717, 1.165) is 38.5 Å². The standard InChI is InChI=1S/C22H20F3N7O2/c1-9-18(10(2)34-31-9)13-6-14-12(7-15(13)33-5)19-20(28-14)26-11(3)27-21(19)29-17-8-16(22(23,24)25)30-32(17)4/h6-8H,1-5H3,(H2,26,27,28,29). The summed E-state index contributed by atoms with van der Waals surface area (Å²) < 4.78 is 51.5. The molecule has 0 spiro atoms. The molecule has 0 radical (unpaired) electrons. The van der Waals surface area contributed by atoms with Crippen molar-refractivity contribution >= 4 is 33.6 Å². The number of hydrogen-bond acceptors (Lipinski definition) is 7. The lowest BCUT2D eigenvalue weighted by atomic mass is 10.0. The topological polar surface area (TPSA) is 107 Å². The summed E-state index contributed by atoms with van der Waals surface area (Å²) in [6.45, 7) is 5.38. The summed E-state index contributed by atoms with van der Waals surface area (Å²) >= 11 is 0. The third-order valence-corrected chi connectivity index (χ3v) is 5.60. The van der Waals surface area contributed by atoms with Crippen LogP contribution in [-0.4, -0.2) is 37.0 Å². The van der Waals surface area contributed by atoms with E-state index in [1.807, 2.05) is 26.0 Å². The highest BCUT2D eigenvalue weighted by molar-refractivity contribution is 6.13. The van der Waals surface area contributed by atoms with Crippen LogP contribution >= 0.6 is 0 Å². The van der Waals surface area contributed by atoms with Crippen molar-refractivity contribution in [1.82, 2.24) is 29.9 Å². The Balaban J connectivity index is 1.72. The minimum Gasteiger partial charge on any atom is -0.496 e. The van der Waals surface area contributed by atoms with Crippen LogP contribution in [0, 0.1) is 20.8 Å². The molecule has 0 atom stereocenters. The van der Waals surface area contributed by atoms with Crippen LogP contribution in [0.5, 0.6) is 5.75 Å². The van der Waals surface area contributed by atoms with Crippen molar-refractivity contribution in [2.75, 3.05) is 12.4 Å². The van der Waals surface area contributed by atoms with Crippen molar-refractivity contribution < 1.29 is 22.4 Å². The summed E-state index contributed by atoms with van der Waals surface area (Å²) in [4.78, 5) is 12.2. The number of aromatic amines is 1. The largest absolute Gasteiger partial charge is 0.496 e. The fraction of sp³-hybridized carbons (Fsp3) is 0.273. The molecule has 176 valence electrons. The zero-order valence-corrected chi connectivity index (χ0v) is 18.9. The second-order valence-corrected chi connectivity index (χ2v) is 7.93. The van der Waals surface area contributed by atoms with Gasteiger partial charge < -0.3 is 19.6 Å². The lowest BCUT2D eigenvalue weighted by molar-refractivity contribution is -0.141. The minimum absolute atomic E-state index is 0.139. The van der Waals surface area contributed by atoms with Crippen LogP contribution in [0.4, 0.5) is 24.8 Å². The molecule has 5 aromatic rings. The number of aryl methyl sites for hydroxylation is 4. The van der Waals surface area contributed by atoms with E-state index in [1.165, 1.54) is 7.05 Å². The molecule has 1 aromatic carbocycles. The van der Waals surface area contributed by atoms with Crippen molar-refractivity contribution in [2.45, 2.75) is 26.9 Å².